The normalized spacial score (nSPS) is 10.6. The molecule has 3 rings (SSSR count). The summed E-state index contributed by atoms with van der Waals surface area (Å²) in [4.78, 5) is 16.4. The molecule has 0 spiro atoms. The van der Waals surface area contributed by atoms with Crippen LogP contribution in [0.25, 0.3) is 11.5 Å². The van der Waals surface area contributed by atoms with Crippen LogP contribution in [0.5, 0.6) is 0 Å². The third-order valence-corrected chi connectivity index (χ3v) is 3.31. The van der Waals surface area contributed by atoms with Gasteiger partial charge in [0, 0.05) is 12.7 Å². The first-order valence-electron chi connectivity index (χ1n) is 6.85. The maximum Gasteiger partial charge on any atom is 0.257 e. The van der Waals surface area contributed by atoms with Gasteiger partial charge in [0.1, 0.15) is 17.0 Å². The van der Waals surface area contributed by atoms with Gasteiger partial charge >= 0.3 is 0 Å². The summed E-state index contributed by atoms with van der Waals surface area (Å²) in [5.74, 6) is 1.01. The topological polar surface area (TPSA) is 81.2 Å². The van der Waals surface area contributed by atoms with E-state index < -0.39 is 0 Å². The van der Waals surface area contributed by atoms with E-state index in [-0.39, 0.29) is 5.91 Å². The van der Waals surface area contributed by atoms with Crippen molar-refractivity contribution in [3.8, 4) is 11.5 Å². The fourth-order valence-electron chi connectivity index (χ4n) is 2.22. The fourth-order valence-corrected chi connectivity index (χ4v) is 2.22. The van der Waals surface area contributed by atoms with Crippen molar-refractivity contribution in [1.29, 1.82) is 0 Å². The zero-order valence-corrected chi connectivity index (χ0v) is 12.3. The van der Waals surface area contributed by atoms with Crippen LogP contribution in [0.3, 0.4) is 0 Å². The third kappa shape index (κ3) is 2.76. The van der Waals surface area contributed by atoms with E-state index in [1.165, 1.54) is 0 Å². The highest BCUT2D eigenvalue weighted by Crippen LogP contribution is 2.18. The molecule has 3 heterocycles. The highest BCUT2D eigenvalue weighted by Gasteiger charge is 2.17. The summed E-state index contributed by atoms with van der Waals surface area (Å²) >= 11 is 0. The molecule has 0 unspecified atom stereocenters. The summed E-state index contributed by atoms with van der Waals surface area (Å²) in [6.07, 6.45) is 3.29. The summed E-state index contributed by atoms with van der Waals surface area (Å²) in [7, 11) is 0. The molecule has 1 N–H and O–H groups in total. The molecule has 22 heavy (non-hydrogen) atoms. The van der Waals surface area contributed by atoms with Gasteiger partial charge in [-0.1, -0.05) is 5.16 Å². The van der Waals surface area contributed by atoms with Crippen molar-refractivity contribution in [2.75, 3.05) is 0 Å². The molecule has 0 aromatic carbocycles. The van der Waals surface area contributed by atoms with Gasteiger partial charge in [-0.3, -0.25) is 9.78 Å². The van der Waals surface area contributed by atoms with Gasteiger partial charge in [-0.05, 0) is 43.7 Å². The van der Waals surface area contributed by atoms with Gasteiger partial charge in [-0.25, -0.2) is 0 Å². The van der Waals surface area contributed by atoms with Crippen LogP contribution in [-0.2, 0) is 6.54 Å². The van der Waals surface area contributed by atoms with Crippen molar-refractivity contribution in [3.63, 3.8) is 0 Å². The molecule has 6 heteroatoms. The lowest BCUT2D eigenvalue weighted by Gasteiger charge is -2.06. The third-order valence-electron chi connectivity index (χ3n) is 3.31. The lowest BCUT2D eigenvalue weighted by molar-refractivity contribution is 0.0949. The quantitative estimate of drug-likeness (QED) is 0.800. The van der Waals surface area contributed by atoms with Gasteiger partial charge < -0.3 is 14.3 Å². The Hall–Kier alpha value is -2.89. The monoisotopic (exact) mass is 297 g/mol. The Bertz CT molecular complexity index is 771. The molecule has 3 aromatic rings. The van der Waals surface area contributed by atoms with E-state index in [1.807, 2.05) is 24.3 Å². The zero-order chi connectivity index (χ0) is 15.5. The van der Waals surface area contributed by atoms with Gasteiger partial charge in [-0.2, -0.15) is 0 Å². The molecule has 0 saturated heterocycles. The minimum absolute atomic E-state index is 0.201. The largest absolute Gasteiger partial charge is 0.463 e. The van der Waals surface area contributed by atoms with Crippen molar-refractivity contribution in [2.45, 2.75) is 20.4 Å². The number of rotatable bonds is 4. The minimum Gasteiger partial charge on any atom is -0.463 e. The average molecular weight is 297 g/mol. The highest BCUT2D eigenvalue weighted by atomic mass is 16.5. The van der Waals surface area contributed by atoms with E-state index in [0.717, 1.165) is 11.3 Å². The number of nitrogens with one attached hydrogen (secondary N) is 1. The van der Waals surface area contributed by atoms with E-state index in [0.29, 0.717) is 29.3 Å². The number of aromatic nitrogens is 2. The van der Waals surface area contributed by atoms with Gasteiger partial charge in [0.25, 0.3) is 5.91 Å². The lowest BCUT2D eigenvalue weighted by atomic mass is 10.1. The molecule has 3 aromatic heterocycles. The second-order valence-corrected chi connectivity index (χ2v) is 4.91. The second-order valence-electron chi connectivity index (χ2n) is 4.91. The van der Waals surface area contributed by atoms with Gasteiger partial charge in [0.15, 0.2) is 5.76 Å². The van der Waals surface area contributed by atoms with Crippen LogP contribution in [0.4, 0.5) is 0 Å². The molecular weight excluding hydrogens is 282 g/mol. The first kappa shape index (κ1) is 14.1. The first-order valence-corrected chi connectivity index (χ1v) is 6.85. The summed E-state index contributed by atoms with van der Waals surface area (Å²) in [5, 5.41) is 6.64. The predicted octanol–water partition coefficient (Wildman–Crippen LogP) is 2.88. The number of pyridine rings is 1. The number of aryl methyl sites for hydroxylation is 2. The van der Waals surface area contributed by atoms with Crippen molar-refractivity contribution in [2.24, 2.45) is 0 Å². The van der Waals surface area contributed by atoms with Crippen LogP contribution in [-0.4, -0.2) is 16.0 Å². The predicted molar refractivity (Wildman–Crippen MR) is 79.1 cm³/mol. The smallest absolute Gasteiger partial charge is 0.257 e. The van der Waals surface area contributed by atoms with E-state index in [9.17, 15) is 4.79 Å². The maximum absolute atomic E-state index is 12.2. The average Bonchev–Trinajstić information content (AvgIpc) is 3.16. The Labute approximate surface area is 127 Å². The molecule has 0 saturated carbocycles. The SMILES string of the molecule is Cc1noc(C)c1C(=O)NCc1ccnc(-c2ccco2)c1. The number of hydrogen-bond acceptors (Lipinski definition) is 5. The molecule has 0 atom stereocenters. The Morgan fingerprint density at radius 2 is 2.18 bits per heavy atom. The minimum atomic E-state index is -0.201. The summed E-state index contributed by atoms with van der Waals surface area (Å²) in [6.45, 7) is 3.85. The Morgan fingerprint density at radius 1 is 1.32 bits per heavy atom. The van der Waals surface area contributed by atoms with Crippen LogP contribution in [0, 0.1) is 13.8 Å². The fraction of sp³-hybridized carbons (Fsp3) is 0.188. The van der Waals surface area contributed by atoms with Crippen molar-refractivity contribution < 1.29 is 13.7 Å². The molecule has 0 bridgehead atoms. The molecule has 6 nitrogen and oxygen atoms in total. The van der Waals surface area contributed by atoms with Crippen LogP contribution < -0.4 is 5.32 Å². The molecule has 0 radical (unpaired) electrons. The zero-order valence-electron chi connectivity index (χ0n) is 12.3. The summed E-state index contributed by atoms with van der Waals surface area (Å²) in [6, 6.07) is 7.38. The number of carbonyl (C=O) groups is 1. The Kier molecular flexibility index (Phi) is 3.74. The Balaban J connectivity index is 1.72. The maximum atomic E-state index is 12.2. The Morgan fingerprint density at radius 3 is 2.86 bits per heavy atom. The molecule has 0 aliphatic carbocycles. The van der Waals surface area contributed by atoms with E-state index in [1.54, 1.807) is 26.3 Å². The molecule has 0 aliphatic rings. The second kappa shape index (κ2) is 5.85. The van der Waals surface area contributed by atoms with Gasteiger partial charge in [0.2, 0.25) is 0 Å². The highest BCUT2D eigenvalue weighted by molar-refractivity contribution is 5.96. The van der Waals surface area contributed by atoms with Crippen LogP contribution in [0.15, 0.2) is 45.7 Å². The van der Waals surface area contributed by atoms with Crippen molar-refractivity contribution in [3.05, 3.63) is 59.3 Å². The van der Waals surface area contributed by atoms with E-state index in [4.69, 9.17) is 8.94 Å². The number of furan rings is 1. The van der Waals surface area contributed by atoms with E-state index >= 15 is 0 Å². The lowest BCUT2D eigenvalue weighted by Crippen LogP contribution is -2.23. The molecule has 0 fully saturated rings. The van der Waals surface area contributed by atoms with Crippen LogP contribution in [0.1, 0.15) is 27.4 Å². The molecule has 0 aliphatic heterocycles. The van der Waals surface area contributed by atoms with Crippen LogP contribution >= 0.6 is 0 Å². The molecular formula is C16H15N3O3. The van der Waals surface area contributed by atoms with Gasteiger partial charge in [-0.15, -0.1) is 0 Å². The molecule has 1 amide bonds. The first-order chi connectivity index (χ1) is 10.6. The molecule has 112 valence electrons. The number of carbonyl (C=O) groups excluding carboxylic acids is 1. The number of nitrogens with zero attached hydrogens (tertiary/aromatic N) is 2. The summed E-state index contributed by atoms with van der Waals surface area (Å²) < 4.78 is 10.3. The van der Waals surface area contributed by atoms with Crippen molar-refractivity contribution >= 4 is 5.91 Å². The summed E-state index contributed by atoms with van der Waals surface area (Å²) in [5.41, 5.74) is 2.73. The van der Waals surface area contributed by atoms with Gasteiger partial charge in [0.05, 0.1) is 12.0 Å². The standard InChI is InChI=1S/C16H15N3O3/c1-10-15(11(2)22-19-10)16(20)18-9-12-5-6-17-13(8-12)14-4-3-7-21-14/h3-8H,9H2,1-2H3,(H,18,20). The van der Waals surface area contributed by atoms with Crippen molar-refractivity contribution in [1.82, 2.24) is 15.5 Å². The number of hydrogen-bond donors (Lipinski definition) is 1. The van der Waals surface area contributed by atoms with Crippen LogP contribution in [0.2, 0.25) is 0 Å². The van der Waals surface area contributed by atoms with E-state index in [2.05, 4.69) is 15.5 Å². The number of amides is 1.